The number of hydrogen-bond acceptors (Lipinski definition) is 1. The van der Waals surface area contributed by atoms with E-state index in [2.05, 4.69) is 35.0 Å². The second kappa shape index (κ2) is 2.73. The van der Waals surface area contributed by atoms with E-state index in [9.17, 15) is 0 Å². The van der Waals surface area contributed by atoms with Crippen molar-refractivity contribution in [2.75, 3.05) is 13.6 Å². The van der Waals surface area contributed by atoms with Crippen LogP contribution in [0.25, 0.3) is 0 Å². The van der Waals surface area contributed by atoms with Gasteiger partial charge in [-0.05, 0) is 36.3 Å². The first-order valence-corrected chi connectivity index (χ1v) is 5.74. The smallest absolute Gasteiger partial charge is 0.0811 e. The highest BCUT2D eigenvalue weighted by atomic mass is 31.0. The molecule has 0 aromatic heterocycles. The van der Waals surface area contributed by atoms with Gasteiger partial charge < -0.3 is 4.90 Å². The van der Waals surface area contributed by atoms with Gasteiger partial charge in [0, 0.05) is 12.6 Å². The fourth-order valence-electron chi connectivity index (χ4n) is 2.94. The quantitative estimate of drug-likeness (QED) is 0.452. The highest BCUT2D eigenvalue weighted by molar-refractivity contribution is 7.23. The minimum absolute atomic E-state index is 0.0465. The molecule has 3 heteroatoms. The van der Waals surface area contributed by atoms with E-state index in [0.29, 0.717) is 5.41 Å². The summed E-state index contributed by atoms with van der Waals surface area (Å²) in [4.78, 5) is 2.49. The van der Waals surface area contributed by atoms with Gasteiger partial charge >= 0.3 is 0 Å². The fraction of sp³-hybridized carbons (Fsp3) is 1.00. The minimum Gasteiger partial charge on any atom is -0.303 e. The molecule has 4 unspecified atom stereocenters. The van der Waals surface area contributed by atoms with Crippen molar-refractivity contribution in [2.45, 2.75) is 37.8 Å². The maximum Gasteiger partial charge on any atom is 0.0811 e. The molecule has 0 N–H and O–H groups in total. The molecule has 72 valence electrons. The van der Waals surface area contributed by atoms with E-state index in [1.54, 1.807) is 0 Å². The van der Waals surface area contributed by atoms with Crippen LogP contribution in [-0.4, -0.2) is 37.4 Å². The van der Waals surface area contributed by atoms with Crippen LogP contribution in [0.1, 0.15) is 26.7 Å². The van der Waals surface area contributed by atoms with Crippen molar-refractivity contribution in [1.29, 1.82) is 0 Å². The maximum atomic E-state index is 6.17. The summed E-state index contributed by atoms with van der Waals surface area (Å²) in [7, 11) is 11.2. The third-order valence-corrected chi connectivity index (χ3v) is 4.80. The van der Waals surface area contributed by atoms with Crippen molar-refractivity contribution in [3.8, 4) is 0 Å². The Hall–Kier alpha value is 0.455. The zero-order valence-corrected chi connectivity index (χ0v) is 10.0. The van der Waals surface area contributed by atoms with Crippen LogP contribution in [0.15, 0.2) is 0 Å². The summed E-state index contributed by atoms with van der Waals surface area (Å²) in [6.07, 6.45) is 2.49. The Kier molecular flexibility index (Phi) is 2.10. The summed E-state index contributed by atoms with van der Waals surface area (Å²) in [5, 5.41) is 0.0465. The van der Waals surface area contributed by atoms with Gasteiger partial charge in [-0.3, -0.25) is 0 Å². The molecule has 1 aliphatic heterocycles. The van der Waals surface area contributed by atoms with Crippen LogP contribution in [0, 0.1) is 11.3 Å². The number of nitrogens with zero attached hydrogens (tertiary/aromatic N) is 1. The van der Waals surface area contributed by atoms with E-state index < -0.39 is 0 Å². The zero-order chi connectivity index (χ0) is 9.85. The summed E-state index contributed by atoms with van der Waals surface area (Å²) >= 11 is 0. The van der Waals surface area contributed by atoms with Crippen LogP contribution in [0.4, 0.5) is 0 Å². The predicted octanol–water partition coefficient (Wildman–Crippen LogP) is 1.48. The van der Waals surface area contributed by atoms with Gasteiger partial charge in [0.1, 0.15) is 0 Å². The standard InChI is InChI=1S/C10H19BNP/c1-7(2)8-4-9(6-12(8)3)5-10(9,11)13/h7-8H,4-6,13H2,1-3H3. The van der Waals surface area contributed by atoms with Crippen LogP contribution in [0.2, 0.25) is 0 Å². The van der Waals surface area contributed by atoms with E-state index in [0.717, 1.165) is 12.0 Å². The topological polar surface area (TPSA) is 3.24 Å². The van der Waals surface area contributed by atoms with Crippen LogP contribution >= 0.6 is 9.24 Å². The van der Waals surface area contributed by atoms with Crippen molar-refractivity contribution in [2.24, 2.45) is 11.3 Å². The van der Waals surface area contributed by atoms with Crippen LogP contribution in [-0.2, 0) is 0 Å². The molecule has 2 rings (SSSR count). The summed E-state index contributed by atoms with van der Waals surface area (Å²) in [6, 6.07) is 0.742. The average molecular weight is 195 g/mol. The number of rotatable bonds is 1. The lowest BCUT2D eigenvalue weighted by molar-refractivity contribution is 0.249. The first-order chi connectivity index (χ1) is 5.88. The van der Waals surface area contributed by atoms with Gasteiger partial charge in [0.15, 0.2) is 0 Å². The number of likely N-dealkylation sites (tertiary alicyclic amines) is 1. The van der Waals surface area contributed by atoms with E-state index in [-0.39, 0.29) is 5.06 Å². The minimum atomic E-state index is 0.0465. The Labute approximate surface area is 85.3 Å². The molecule has 1 heterocycles. The lowest BCUT2D eigenvalue weighted by Crippen LogP contribution is -2.29. The molecule has 2 aliphatic rings. The molecule has 2 fully saturated rings. The molecule has 1 nitrogen and oxygen atoms in total. The number of hydrogen-bond donors (Lipinski definition) is 0. The molecule has 1 saturated carbocycles. The molecule has 1 saturated heterocycles. The SMILES string of the molecule is [B]C1(P)CC12CC(C(C)C)N(C)C2. The summed E-state index contributed by atoms with van der Waals surface area (Å²) in [6.45, 7) is 5.81. The summed E-state index contributed by atoms with van der Waals surface area (Å²) < 4.78 is 0. The van der Waals surface area contributed by atoms with Crippen molar-refractivity contribution in [3.05, 3.63) is 0 Å². The highest BCUT2D eigenvalue weighted by Crippen LogP contribution is 2.66. The maximum absolute atomic E-state index is 6.17. The van der Waals surface area contributed by atoms with Crippen molar-refractivity contribution in [3.63, 3.8) is 0 Å². The average Bonchev–Trinajstić information content (AvgIpc) is 2.36. The Morgan fingerprint density at radius 2 is 2.08 bits per heavy atom. The Morgan fingerprint density at radius 1 is 1.54 bits per heavy atom. The second-order valence-electron chi connectivity index (χ2n) is 5.43. The van der Waals surface area contributed by atoms with Gasteiger partial charge in [0.2, 0.25) is 0 Å². The second-order valence-corrected chi connectivity index (χ2v) is 6.46. The molecule has 0 amide bonds. The molecule has 1 spiro atoms. The molecule has 0 bridgehead atoms. The highest BCUT2D eigenvalue weighted by Gasteiger charge is 2.64. The Balaban J connectivity index is 2.09. The molecular weight excluding hydrogens is 176 g/mol. The van der Waals surface area contributed by atoms with E-state index in [1.807, 2.05) is 0 Å². The van der Waals surface area contributed by atoms with Gasteiger partial charge in [0.25, 0.3) is 0 Å². The van der Waals surface area contributed by atoms with Crippen molar-refractivity contribution < 1.29 is 0 Å². The molecular formula is C10H19BNP. The zero-order valence-electron chi connectivity index (χ0n) is 8.88. The van der Waals surface area contributed by atoms with Crippen molar-refractivity contribution in [1.82, 2.24) is 4.90 Å². The summed E-state index contributed by atoms with van der Waals surface area (Å²) in [5.74, 6) is 0.755. The third-order valence-electron chi connectivity index (χ3n) is 3.98. The predicted molar refractivity (Wildman–Crippen MR) is 61.1 cm³/mol. The van der Waals surface area contributed by atoms with E-state index >= 15 is 0 Å². The van der Waals surface area contributed by atoms with Gasteiger partial charge in [0.05, 0.1) is 7.85 Å². The normalized spacial score (nSPS) is 50.7. The van der Waals surface area contributed by atoms with E-state index in [4.69, 9.17) is 7.85 Å². The third kappa shape index (κ3) is 1.38. The molecule has 4 atom stereocenters. The largest absolute Gasteiger partial charge is 0.303 e. The first kappa shape index (κ1) is 9.99. The molecule has 13 heavy (non-hydrogen) atoms. The Bertz CT molecular complexity index is 229. The van der Waals surface area contributed by atoms with Crippen molar-refractivity contribution >= 4 is 17.1 Å². The lowest BCUT2D eigenvalue weighted by atomic mass is 9.87. The van der Waals surface area contributed by atoms with Crippen LogP contribution in [0.3, 0.4) is 0 Å². The fourth-order valence-corrected chi connectivity index (χ4v) is 3.54. The van der Waals surface area contributed by atoms with E-state index in [1.165, 1.54) is 19.4 Å². The molecule has 0 aromatic carbocycles. The first-order valence-electron chi connectivity index (χ1n) is 5.16. The summed E-state index contributed by atoms with van der Waals surface area (Å²) in [5.41, 5.74) is 0.432. The van der Waals surface area contributed by atoms with Gasteiger partial charge in [-0.1, -0.05) is 13.8 Å². The van der Waals surface area contributed by atoms with Crippen LogP contribution in [0.5, 0.6) is 0 Å². The Morgan fingerprint density at radius 3 is 2.31 bits per heavy atom. The monoisotopic (exact) mass is 195 g/mol. The molecule has 1 aliphatic carbocycles. The molecule has 2 radical (unpaired) electrons. The van der Waals surface area contributed by atoms with Crippen LogP contribution < -0.4 is 0 Å². The van der Waals surface area contributed by atoms with Gasteiger partial charge in [-0.15, -0.1) is 9.24 Å². The lowest BCUT2D eigenvalue weighted by Gasteiger charge is -2.22. The van der Waals surface area contributed by atoms with Gasteiger partial charge in [-0.25, -0.2) is 0 Å². The molecule has 0 aromatic rings. The van der Waals surface area contributed by atoms with Gasteiger partial charge in [-0.2, -0.15) is 0 Å².